The smallest absolute Gasteiger partial charge is 0.245 e. The fourth-order valence-electron chi connectivity index (χ4n) is 2.36. The van der Waals surface area contributed by atoms with Gasteiger partial charge in [-0.3, -0.25) is 4.79 Å². The van der Waals surface area contributed by atoms with Gasteiger partial charge < -0.3 is 15.6 Å². The van der Waals surface area contributed by atoms with E-state index in [1.54, 1.807) is 26.2 Å². The van der Waals surface area contributed by atoms with Crippen molar-refractivity contribution in [1.29, 1.82) is 0 Å². The maximum Gasteiger partial charge on any atom is 0.245 e. The van der Waals surface area contributed by atoms with Crippen molar-refractivity contribution >= 4 is 22.8 Å². The molecule has 0 fully saturated rings. The average molecular weight is 343 g/mol. The first kappa shape index (κ1) is 16.7. The van der Waals surface area contributed by atoms with Gasteiger partial charge in [-0.1, -0.05) is 0 Å². The Bertz CT molecular complexity index is 922. The van der Waals surface area contributed by atoms with E-state index in [1.807, 2.05) is 6.92 Å². The number of anilines is 1. The molecule has 3 aromatic rings. The summed E-state index contributed by atoms with van der Waals surface area (Å²) in [7, 11) is 0. The summed E-state index contributed by atoms with van der Waals surface area (Å²) in [5, 5.41) is 6.27. The number of rotatable bonds is 5. The first-order chi connectivity index (χ1) is 11.9. The summed E-state index contributed by atoms with van der Waals surface area (Å²) in [5.41, 5.74) is 0.246. The summed E-state index contributed by atoms with van der Waals surface area (Å²) < 4.78 is 14.2. The Hall–Kier alpha value is -3.10. The van der Waals surface area contributed by atoms with Gasteiger partial charge in [-0.25, -0.2) is 24.3 Å². The van der Waals surface area contributed by atoms with Crippen LogP contribution >= 0.6 is 0 Å². The van der Waals surface area contributed by atoms with Crippen LogP contribution in [-0.2, 0) is 4.79 Å². The molecule has 9 heteroatoms. The summed E-state index contributed by atoms with van der Waals surface area (Å²) in [6.45, 7) is 5.60. The monoisotopic (exact) mass is 343 g/mol. The third kappa shape index (κ3) is 3.25. The number of hydrogen-bond acceptors (Lipinski definition) is 6. The minimum Gasteiger partial charge on any atom is -0.354 e. The molecule has 0 aliphatic heterocycles. The lowest BCUT2D eigenvalue weighted by molar-refractivity contribution is -0.124. The van der Waals surface area contributed by atoms with Crippen LogP contribution in [0.3, 0.4) is 0 Å². The number of hydrogen-bond donors (Lipinski definition) is 3. The van der Waals surface area contributed by atoms with Gasteiger partial charge in [0.25, 0.3) is 0 Å². The molecular formula is C16H18FN7O. The third-order valence-corrected chi connectivity index (χ3v) is 3.68. The number of carbonyl (C=O) groups is 1. The van der Waals surface area contributed by atoms with Crippen LogP contribution in [-0.4, -0.2) is 42.9 Å². The maximum absolute atomic E-state index is 14.2. The molecule has 0 saturated heterocycles. The Morgan fingerprint density at radius 1 is 1.32 bits per heavy atom. The number of nitrogens with one attached hydrogen (secondary N) is 3. The molecule has 1 amide bonds. The summed E-state index contributed by atoms with van der Waals surface area (Å²) >= 11 is 0. The van der Waals surface area contributed by atoms with Crippen LogP contribution in [0, 0.1) is 5.82 Å². The number of aromatic nitrogens is 5. The molecular weight excluding hydrogens is 325 g/mol. The second kappa shape index (κ2) is 6.42. The van der Waals surface area contributed by atoms with Crippen molar-refractivity contribution in [1.82, 2.24) is 30.2 Å². The van der Waals surface area contributed by atoms with Crippen LogP contribution in [0.2, 0.25) is 0 Å². The van der Waals surface area contributed by atoms with E-state index in [0.717, 1.165) is 11.6 Å². The quantitative estimate of drug-likeness (QED) is 0.653. The van der Waals surface area contributed by atoms with Crippen LogP contribution < -0.4 is 10.6 Å². The van der Waals surface area contributed by atoms with Crippen LogP contribution in [0.5, 0.6) is 0 Å². The highest BCUT2D eigenvalue weighted by molar-refractivity contribution is 5.91. The summed E-state index contributed by atoms with van der Waals surface area (Å²) in [6.07, 6.45) is 5.81. The molecule has 25 heavy (non-hydrogen) atoms. The molecule has 0 spiro atoms. The maximum atomic E-state index is 14.2. The van der Waals surface area contributed by atoms with E-state index >= 15 is 0 Å². The van der Waals surface area contributed by atoms with E-state index in [-0.39, 0.29) is 11.7 Å². The predicted octanol–water partition coefficient (Wildman–Crippen LogP) is 1.88. The number of carbonyl (C=O) groups excluding carboxylic acids is 1. The van der Waals surface area contributed by atoms with Crippen molar-refractivity contribution < 1.29 is 9.18 Å². The molecule has 3 rings (SSSR count). The van der Waals surface area contributed by atoms with Gasteiger partial charge in [-0.05, 0) is 20.8 Å². The second-order valence-electron chi connectivity index (χ2n) is 5.99. The Morgan fingerprint density at radius 3 is 2.88 bits per heavy atom. The van der Waals surface area contributed by atoms with Crippen molar-refractivity contribution in [2.24, 2.45) is 0 Å². The van der Waals surface area contributed by atoms with Gasteiger partial charge in [0.2, 0.25) is 5.91 Å². The SMILES string of the molecule is CCNC(=O)C(C)(C)Nc1nc(-c2c[nH]c3ncncc23)ncc1F. The van der Waals surface area contributed by atoms with Crippen molar-refractivity contribution in [2.45, 2.75) is 26.3 Å². The molecule has 0 aromatic carbocycles. The molecule has 0 bridgehead atoms. The van der Waals surface area contributed by atoms with Gasteiger partial charge in [-0.15, -0.1) is 0 Å². The lowest BCUT2D eigenvalue weighted by Gasteiger charge is -2.25. The van der Waals surface area contributed by atoms with E-state index in [2.05, 4.69) is 35.6 Å². The molecule has 0 aliphatic rings. The van der Waals surface area contributed by atoms with Gasteiger partial charge in [0, 0.05) is 29.9 Å². The number of H-pyrrole nitrogens is 1. The van der Waals surface area contributed by atoms with Crippen LogP contribution in [0.15, 0.2) is 24.9 Å². The zero-order chi connectivity index (χ0) is 18.0. The summed E-state index contributed by atoms with van der Waals surface area (Å²) in [5.74, 6) is -0.642. The average Bonchev–Trinajstić information content (AvgIpc) is 3.01. The molecule has 3 N–H and O–H groups in total. The first-order valence-corrected chi connectivity index (χ1v) is 7.79. The highest BCUT2D eigenvalue weighted by Gasteiger charge is 2.28. The van der Waals surface area contributed by atoms with Gasteiger partial charge in [0.15, 0.2) is 17.5 Å². The van der Waals surface area contributed by atoms with Crippen molar-refractivity contribution in [3.63, 3.8) is 0 Å². The van der Waals surface area contributed by atoms with Crippen LogP contribution in [0.1, 0.15) is 20.8 Å². The molecule has 3 aromatic heterocycles. The minimum absolute atomic E-state index is 0.0487. The standard InChI is InChI=1S/C16H18FN7O/c1-4-19-15(25)16(2,3)24-14-11(17)7-21-13(23-14)10-6-20-12-9(10)5-18-8-22-12/h5-8H,4H2,1-3H3,(H,19,25)(H,18,20,22)(H,21,23,24). The van der Waals surface area contributed by atoms with Gasteiger partial charge in [-0.2, -0.15) is 0 Å². The molecule has 8 nitrogen and oxygen atoms in total. The number of amides is 1. The number of halogens is 1. The highest BCUT2D eigenvalue weighted by Crippen LogP contribution is 2.26. The lowest BCUT2D eigenvalue weighted by atomic mass is 10.0. The van der Waals surface area contributed by atoms with Gasteiger partial charge >= 0.3 is 0 Å². The topological polar surface area (TPSA) is 108 Å². The summed E-state index contributed by atoms with van der Waals surface area (Å²) in [4.78, 5) is 31.5. The van der Waals surface area contributed by atoms with Crippen molar-refractivity contribution in [3.05, 3.63) is 30.7 Å². The van der Waals surface area contributed by atoms with Crippen LogP contribution in [0.25, 0.3) is 22.4 Å². The van der Waals surface area contributed by atoms with E-state index in [9.17, 15) is 9.18 Å². The third-order valence-electron chi connectivity index (χ3n) is 3.68. The summed E-state index contributed by atoms with van der Waals surface area (Å²) in [6, 6.07) is 0. The van der Waals surface area contributed by atoms with Crippen molar-refractivity contribution in [2.75, 3.05) is 11.9 Å². The molecule has 0 radical (unpaired) electrons. The van der Waals surface area contributed by atoms with Crippen LogP contribution in [0.4, 0.5) is 10.2 Å². The molecule has 0 atom stereocenters. The molecule has 0 aliphatic carbocycles. The minimum atomic E-state index is -1.04. The number of likely N-dealkylation sites (N-methyl/N-ethyl adjacent to an activating group) is 1. The van der Waals surface area contributed by atoms with E-state index in [1.165, 1.54) is 6.33 Å². The zero-order valence-electron chi connectivity index (χ0n) is 14.1. The zero-order valence-corrected chi connectivity index (χ0v) is 14.1. The van der Waals surface area contributed by atoms with E-state index in [0.29, 0.717) is 23.6 Å². The normalized spacial score (nSPS) is 11.5. The Labute approximate surface area is 143 Å². The molecule has 130 valence electrons. The van der Waals surface area contributed by atoms with E-state index in [4.69, 9.17) is 0 Å². The Kier molecular flexibility index (Phi) is 4.30. The first-order valence-electron chi connectivity index (χ1n) is 7.79. The predicted molar refractivity (Wildman–Crippen MR) is 91.3 cm³/mol. The Balaban J connectivity index is 1.97. The molecule has 0 unspecified atom stereocenters. The van der Waals surface area contributed by atoms with Gasteiger partial charge in [0.05, 0.1) is 6.20 Å². The number of fused-ring (bicyclic) bond motifs is 1. The number of aromatic amines is 1. The van der Waals surface area contributed by atoms with E-state index < -0.39 is 11.4 Å². The number of nitrogens with zero attached hydrogens (tertiary/aromatic N) is 4. The van der Waals surface area contributed by atoms with Crippen molar-refractivity contribution in [3.8, 4) is 11.4 Å². The second-order valence-corrected chi connectivity index (χ2v) is 5.99. The molecule has 0 saturated carbocycles. The Morgan fingerprint density at radius 2 is 2.12 bits per heavy atom. The largest absolute Gasteiger partial charge is 0.354 e. The highest BCUT2D eigenvalue weighted by atomic mass is 19.1. The lowest BCUT2D eigenvalue weighted by Crippen LogP contribution is -2.48. The fourth-order valence-corrected chi connectivity index (χ4v) is 2.36. The fraction of sp³-hybridized carbons (Fsp3) is 0.312. The van der Waals surface area contributed by atoms with Gasteiger partial charge in [0.1, 0.15) is 17.5 Å². The molecule has 3 heterocycles.